The standard InChI is InChI=1S/C15H30N4OS/c1-4-12(5-2)17-14(20)11-18-7-9-19(10-8-18)13(6-3)15(16)21/h12-13H,4-11H2,1-3H3,(H2,16,21)(H,17,20). The predicted octanol–water partition coefficient (Wildman–Crippen LogP) is 0.974. The van der Waals surface area contributed by atoms with Crippen LogP contribution >= 0.6 is 12.2 Å². The molecule has 1 saturated heterocycles. The van der Waals surface area contributed by atoms with Crippen LogP contribution in [0.3, 0.4) is 0 Å². The maximum Gasteiger partial charge on any atom is 0.234 e. The summed E-state index contributed by atoms with van der Waals surface area (Å²) in [6.07, 6.45) is 2.93. The van der Waals surface area contributed by atoms with E-state index in [4.69, 9.17) is 18.0 Å². The Hall–Kier alpha value is -0.720. The van der Waals surface area contributed by atoms with Crippen molar-refractivity contribution in [3.8, 4) is 0 Å². The molecule has 21 heavy (non-hydrogen) atoms. The lowest BCUT2D eigenvalue weighted by molar-refractivity contribution is -0.123. The zero-order valence-corrected chi connectivity index (χ0v) is 14.4. The second-order valence-corrected chi connectivity index (χ2v) is 6.19. The number of carbonyl (C=O) groups excluding carboxylic acids is 1. The van der Waals surface area contributed by atoms with Gasteiger partial charge in [0.25, 0.3) is 0 Å². The Morgan fingerprint density at radius 3 is 2.14 bits per heavy atom. The van der Waals surface area contributed by atoms with Gasteiger partial charge in [-0.05, 0) is 19.3 Å². The van der Waals surface area contributed by atoms with E-state index in [1.54, 1.807) is 0 Å². The van der Waals surface area contributed by atoms with Crippen molar-refractivity contribution in [3.05, 3.63) is 0 Å². The molecule has 0 aliphatic carbocycles. The fourth-order valence-electron chi connectivity index (χ4n) is 2.84. The minimum Gasteiger partial charge on any atom is -0.392 e. The molecule has 0 aromatic carbocycles. The molecule has 1 unspecified atom stereocenters. The Kier molecular flexibility index (Phi) is 8.14. The van der Waals surface area contributed by atoms with E-state index < -0.39 is 0 Å². The second-order valence-electron chi connectivity index (χ2n) is 5.72. The fourth-order valence-corrected chi connectivity index (χ4v) is 3.16. The van der Waals surface area contributed by atoms with E-state index in [0.29, 0.717) is 17.6 Å². The Morgan fingerprint density at radius 2 is 1.71 bits per heavy atom. The molecule has 3 N–H and O–H groups in total. The summed E-state index contributed by atoms with van der Waals surface area (Å²) in [6, 6.07) is 0.499. The van der Waals surface area contributed by atoms with Crippen LogP contribution in [0.4, 0.5) is 0 Å². The summed E-state index contributed by atoms with van der Waals surface area (Å²) in [5.74, 6) is 0.138. The predicted molar refractivity (Wildman–Crippen MR) is 91.4 cm³/mol. The Balaban J connectivity index is 2.36. The molecule has 1 atom stereocenters. The van der Waals surface area contributed by atoms with Crippen LogP contribution < -0.4 is 11.1 Å². The van der Waals surface area contributed by atoms with Crippen LogP contribution in [-0.2, 0) is 4.79 Å². The van der Waals surface area contributed by atoms with Crippen LogP contribution in [-0.4, -0.2) is 65.5 Å². The number of nitrogens with zero attached hydrogens (tertiary/aromatic N) is 2. The number of amides is 1. The Bertz CT molecular complexity index is 339. The third kappa shape index (κ3) is 5.88. The molecule has 1 fully saturated rings. The number of piperazine rings is 1. The van der Waals surface area contributed by atoms with Gasteiger partial charge in [-0.15, -0.1) is 0 Å². The van der Waals surface area contributed by atoms with Gasteiger partial charge >= 0.3 is 0 Å². The molecule has 5 nitrogen and oxygen atoms in total. The van der Waals surface area contributed by atoms with Crippen LogP contribution in [0.15, 0.2) is 0 Å². The van der Waals surface area contributed by atoms with Crippen molar-refractivity contribution in [1.82, 2.24) is 15.1 Å². The number of hydrogen-bond acceptors (Lipinski definition) is 4. The number of nitrogens with two attached hydrogens (primary N) is 1. The average Bonchev–Trinajstić information content (AvgIpc) is 2.47. The number of hydrogen-bond donors (Lipinski definition) is 2. The maximum absolute atomic E-state index is 12.0. The third-order valence-electron chi connectivity index (χ3n) is 4.28. The monoisotopic (exact) mass is 314 g/mol. The normalized spacial score (nSPS) is 18.7. The summed E-state index contributed by atoms with van der Waals surface area (Å²) in [4.78, 5) is 17.1. The van der Waals surface area contributed by atoms with E-state index in [-0.39, 0.29) is 11.9 Å². The van der Waals surface area contributed by atoms with Crippen LogP contribution in [0.2, 0.25) is 0 Å². The van der Waals surface area contributed by atoms with Crippen LogP contribution in [0, 0.1) is 0 Å². The molecule has 0 aromatic rings. The number of thiocarbonyl (C=S) groups is 1. The number of nitrogens with one attached hydrogen (secondary N) is 1. The highest BCUT2D eigenvalue weighted by atomic mass is 32.1. The van der Waals surface area contributed by atoms with Crippen LogP contribution in [0.25, 0.3) is 0 Å². The van der Waals surface area contributed by atoms with E-state index in [1.165, 1.54) is 0 Å². The van der Waals surface area contributed by atoms with Gasteiger partial charge in [-0.25, -0.2) is 0 Å². The molecule has 0 bridgehead atoms. The first-order valence-corrected chi connectivity index (χ1v) is 8.47. The summed E-state index contributed by atoms with van der Waals surface area (Å²) < 4.78 is 0. The molecule has 6 heteroatoms. The molecule has 1 rings (SSSR count). The van der Waals surface area contributed by atoms with Crippen molar-refractivity contribution in [2.45, 2.75) is 52.1 Å². The number of rotatable bonds is 8. The lowest BCUT2D eigenvalue weighted by Crippen LogP contribution is -2.55. The minimum absolute atomic E-state index is 0.138. The van der Waals surface area contributed by atoms with Gasteiger partial charge in [-0.1, -0.05) is 33.0 Å². The molecule has 0 spiro atoms. The quantitative estimate of drug-likeness (QED) is 0.654. The molecule has 1 amide bonds. The molecule has 122 valence electrons. The average molecular weight is 314 g/mol. The van der Waals surface area contributed by atoms with Gasteiger partial charge in [0.15, 0.2) is 0 Å². The SMILES string of the molecule is CCC(CC)NC(=O)CN1CCN(C(CC)C(N)=S)CC1. The second kappa shape index (κ2) is 9.33. The van der Waals surface area contributed by atoms with E-state index in [1.807, 2.05) is 0 Å². The highest BCUT2D eigenvalue weighted by Crippen LogP contribution is 2.09. The topological polar surface area (TPSA) is 61.6 Å². The van der Waals surface area contributed by atoms with Crippen molar-refractivity contribution in [2.75, 3.05) is 32.7 Å². The van der Waals surface area contributed by atoms with Gasteiger partial charge in [0.2, 0.25) is 5.91 Å². The van der Waals surface area contributed by atoms with Gasteiger partial charge in [-0.2, -0.15) is 0 Å². The van der Waals surface area contributed by atoms with Crippen molar-refractivity contribution in [1.29, 1.82) is 0 Å². The lowest BCUT2D eigenvalue weighted by atomic mass is 10.1. The lowest BCUT2D eigenvalue weighted by Gasteiger charge is -2.38. The van der Waals surface area contributed by atoms with E-state index in [2.05, 4.69) is 35.9 Å². The molecule has 0 saturated carbocycles. The highest BCUT2D eigenvalue weighted by Gasteiger charge is 2.25. The molecule has 1 aliphatic rings. The summed E-state index contributed by atoms with van der Waals surface area (Å²) in [5.41, 5.74) is 5.79. The largest absolute Gasteiger partial charge is 0.392 e. The van der Waals surface area contributed by atoms with Crippen LogP contribution in [0.1, 0.15) is 40.0 Å². The van der Waals surface area contributed by atoms with Crippen molar-refractivity contribution < 1.29 is 4.79 Å². The molecule has 0 radical (unpaired) electrons. The summed E-state index contributed by atoms with van der Waals surface area (Å²) in [7, 11) is 0. The fraction of sp³-hybridized carbons (Fsp3) is 0.867. The molecule has 1 aliphatic heterocycles. The highest BCUT2D eigenvalue weighted by molar-refractivity contribution is 7.80. The van der Waals surface area contributed by atoms with Gasteiger partial charge in [0.05, 0.1) is 17.6 Å². The van der Waals surface area contributed by atoms with Crippen LogP contribution in [0.5, 0.6) is 0 Å². The van der Waals surface area contributed by atoms with Crippen molar-refractivity contribution >= 4 is 23.1 Å². The summed E-state index contributed by atoms with van der Waals surface area (Å²) >= 11 is 5.13. The summed E-state index contributed by atoms with van der Waals surface area (Å²) in [6.45, 7) is 10.5. The molecular formula is C15H30N4OS. The Morgan fingerprint density at radius 1 is 1.14 bits per heavy atom. The minimum atomic E-state index is 0.138. The van der Waals surface area contributed by atoms with Crippen molar-refractivity contribution in [3.63, 3.8) is 0 Å². The van der Waals surface area contributed by atoms with Gasteiger partial charge in [0, 0.05) is 32.2 Å². The van der Waals surface area contributed by atoms with E-state index >= 15 is 0 Å². The summed E-state index contributed by atoms with van der Waals surface area (Å²) in [5, 5.41) is 3.09. The zero-order chi connectivity index (χ0) is 15.8. The molecule has 1 heterocycles. The van der Waals surface area contributed by atoms with E-state index in [0.717, 1.165) is 45.4 Å². The molecule has 0 aromatic heterocycles. The maximum atomic E-state index is 12.0. The molecular weight excluding hydrogens is 284 g/mol. The smallest absolute Gasteiger partial charge is 0.234 e. The van der Waals surface area contributed by atoms with Gasteiger partial charge in [0.1, 0.15) is 0 Å². The third-order valence-corrected chi connectivity index (χ3v) is 4.55. The van der Waals surface area contributed by atoms with Crippen molar-refractivity contribution in [2.24, 2.45) is 5.73 Å². The zero-order valence-electron chi connectivity index (χ0n) is 13.6. The van der Waals surface area contributed by atoms with E-state index in [9.17, 15) is 4.79 Å². The Labute approximate surface area is 134 Å². The van der Waals surface area contributed by atoms with Gasteiger partial charge < -0.3 is 11.1 Å². The first-order valence-electron chi connectivity index (χ1n) is 8.06. The first-order chi connectivity index (χ1) is 10.0. The van der Waals surface area contributed by atoms with Gasteiger partial charge in [-0.3, -0.25) is 14.6 Å². The first kappa shape index (κ1) is 18.3. The number of carbonyl (C=O) groups is 1.